The van der Waals surface area contributed by atoms with E-state index in [-0.39, 0.29) is 51.9 Å². The summed E-state index contributed by atoms with van der Waals surface area (Å²) in [5.74, 6) is -0.620. The van der Waals surface area contributed by atoms with Crippen molar-refractivity contribution in [2.24, 2.45) is 0 Å². The molecule has 4 aromatic rings. The zero-order chi connectivity index (χ0) is 38.0. The number of fused-ring (bicyclic) bond motifs is 6. The van der Waals surface area contributed by atoms with Gasteiger partial charge < -0.3 is 9.45 Å². The van der Waals surface area contributed by atoms with Crippen LogP contribution in [0.2, 0.25) is 0 Å². The molecule has 0 aliphatic carbocycles. The third-order valence-electron chi connectivity index (χ3n) is 10.5. The molecule has 1 N–H and O–H groups in total. The molecule has 8 nitrogen and oxygen atoms in total. The van der Waals surface area contributed by atoms with Crippen molar-refractivity contribution in [2.45, 2.75) is 64.2 Å². The van der Waals surface area contributed by atoms with Gasteiger partial charge in [-0.15, -0.1) is 0 Å². The summed E-state index contributed by atoms with van der Waals surface area (Å²) >= 11 is 0. The van der Waals surface area contributed by atoms with Crippen molar-refractivity contribution in [3.8, 4) is 0 Å². The maximum atomic E-state index is 11.4. The second kappa shape index (κ2) is 16.8. The predicted molar refractivity (Wildman–Crippen MR) is 222 cm³/mol. The molecule has 0 saturated carbocycles. The van der Waals surface area contributed by atoms with Crippen molar-refractivity contribution in [2.75, 3.05) is 29.5 Å². The van der Waals surface area contributed by atoms with Crippen LogP contribution in [0.3, 0.4) is 0 Å². The first kappa shape index (κ1) is 41.8. The topological polar surface area (TPSA) is 118 Å². The average Bonchev–Trinajstić information content (AvgIpc) is 3.45. The molecular formula is C43H48N2NaO6S2. The molecule has 0 atom stereocenters. The van der Waals surface area contributed by atoms with Crippen LogP contribution in [0.15, 0.2) is 121 Å². The van der Waals surface area contributed by atoms with Gasteiger partial charge in [-0.25, -0.2) is 8.42 Å². The number of benzene rings is 4. The number of nitrogens with zero attached hydrogens (tertiary/aromatic N) is 2. The quantitative estimate of drug-likeness (QED) is 0.0450. The Morgan fingerprint density at radius 2 is 1.30 bits per heavy atom. The average molecular weight is 776 g/mol. The zero-order valence-corrected chi connectivity index (χ0v) is 35.5. The van der Waals surface area contributed by atoms with Crippen molar-refractivity contribution in [1.82, 2.24) is 0 Å². The van der Waals surface area contributed by atoms with Crippen molar-refractivity contribution in [3.05, 3.63) is 132 Å². The molecule has 0 saturated heterocycles. The van der Waals surface area contributed by atoms with E-state index in [0.29, 0.717) is 38.8 Å². The number of hydrogen-bond donors (Lipinski definition) is 1. The van der Waals surface area contributed by atoms with E-state index in [9.17, 15) is 25.9 Å². The number of hydrogen-bond acceptors (Lipinski definition) is 6. The van der Waals surface area contributed by atoms with E-state index in [1.54, 1.807) is 0 Å². The smallest absolute Gasteiger partial charge is 0.264 e. The fraction of sp³-hybridized carbons (Fsp3) is 0.326. The fourth-order valence-electron chi connectivity index (χ4n) is 8.14. The SMILES string of the molecule is CC1(C)C(=CC=CC=CC=CC2=[N+](CCCCS(=O)(=O)O)c3ccc4ccccc4c3C2(C)C)N(CCCCS(=O)(=O)[O-])c2ccc3ccccc3c21.[Na]. The summed E-state index contributed by atoms with van der Waals surface area (Å²) in [5.41, 5.74) is 6.29. The molecule has 2 heterocycles. The van der Waals surface area contributed by atoms with Crippen molar-refractivity contribution in [1.29, 1.82) is 0 Å². The summed E-state index contributed by atoms with van der Waals surface area (Å²) in [5, 5.41) is 4.72. The zero-order valence-electron chi connectivity index (χ0n) is 31.8. The van der Waals surface area contributed by atoms with Crippen molar-refractivity contribution in [3.63, 3.8) is 0 Å². The van der Waals surface area contributed by atoms with Crippen LogP contribution < -0.4 is 4.90 Å². The van der Waals surface area contributed by atoms with Gasteiger partial charge >= 0.3 is 0 Å². The summed E-state index contributed by atoms with van der Waals surface area (Å²) in [6.45, 7) is 10.1. The van der Waals surface area contributed by atoms with Crippen LogP contribution in [0.4, 0.5) is 11.4 Å². The molecule has 6 rings (SSSR count). The van der Waals surface area contributed by atoms with Crippen LogP contribution in [-0.4, -0.2) is 90.4 Å². The Bertz CT molecular complexity index is 2430. The molecule has 2 aliphatic rings. The maximum Gasteiger partial charge on any atom is 0.264 e. The summed E-state index contributed by atoms with van der Waals surface area (Å²) in [7, 11) is -8.27. The van der Waals surface area contributed by atoms with Gasteiger partial charge in [-0.3, -0.25) is 4.55 Å². The third kappa shape index (κ3) is 9.02. The van der Waals surface area contributed by atoms with E-state index >= 15 is 0 Å². The normalized spacial score (nSPS) is 17.4. The summed E-state index contributed by atoms with van der Waals surface area (Å²) in [6, 6.07) is 25.3. The van der Waals surface area contributed by atoms with Gasteiger partial charge in [0.2, 0.25) is 5.69 Å². The van der Waals surface area contributed by atoms with Gasteiger partial charge in [0.1, 0.15) is 6.54 Å². The molecule has 1 radical (unpaired) electrons. The number of rotatable bonds is 14. The number of allylic oxidation sites excluding steroid dienone is 8. The van der Waals surface area contributed by atoms with Gasteiger partial charge in [-0.2, -0.15) is 13.0 Å². The molecule has 0 unspecified atom stereocenters. The van der Waals surface area contributed by atoms with Crippen LogP contribution in [0, 0.1) is 0 Å². The van der Waals surface area contributed by atoms with Gasteiger partial charge in [0.25, 0.3) is 10.1 Å². The van der Waals surface area contributed by atoms with E-state index in [2.05, 4.69) is 110 Å². The van der Waals surface area contributed by atoms with Crippen LogP contribution in [0.25, 0.3) is 21.5 Å². The van der Waals surface area contributed by atoms with Gasteiger partial charge in [0.15, 0.2) is 5.71 Å². The monoisotopic (exact) mass is 775 g/mol. The number of unbranched alkanes of at least 4 members (excludes halogenated alkanes) is 2. The Balaban J connectivity index is 0.00000561. The first-order chi connectivity index (χ1) is 25.1. The van der Waals surface area contributed by atoms with E-state index in [1.165, 1.54) is 32.7 Å². The molecule has 0 bridgehead atoms. The molecule has 54 heavy (non-hydrogen) atoms. The van der Waals surface area contributed by atoms with Crippen LogP contribution in [0.1, 0.15) is 64.5 Å². The Labute approximate surface area is 342 Å². The Hall–Kier alpha value is -3.35. The van der Waals surface area contributed by atoms with E-state index < -0.39 is 20.2 Å². The van der Waals surface area contributed by atoms with Gasteiger partial charge in [-0.05, 0) is 78.4 Å². The van der Waals surface area contributed by atoms with Crippen molar-refractivity contribution >= 4 is 88.4 Å². The van der Waals surface area contributed by atoms with Crippen LogP contribution >= 0.6 is 0 Å². The predicted octanol–water partition coefficient (Wildman–Crippen LogP) is 8.33. The molecule has 2 aliphatic heterocycles. The van der Waals surface area contributed by atoms with E-state index in [0.717, 1.165) is 22.8 Å². The van der Waals surface area contributed by atoms with Crippen LogP contribution in [0.5, 0.6) is 0 Å². The Morgan fingerprint density at radius 1 is 0.704 bits per heavy atom. The molecule has 0 amide bonds. The molecular weight excluding hydrogens is 728 g/mol. The largest absolute Gasteiger partial charge is 0.748 e. The minimum absolute atomic E-state index is 0. The van der Waals surface area contributed by atoms with Gasteiger partial charge in [-0.1, -0.05) is 98.8 Å². The minimum atomic E-state index is -4.26. The Kier molecular flexibility index (Phi) is 13.0. The Morgan fingerprint density at radius 3 is 1.96 bits per heavy atom. The second-order valence-corrected chi connectivity index (χ2v) is 18.0. The standard InChI is InChI=1S/C43H48N2O6S2.Na/c1-42(2)38(44(28-14-16-30-52(46,47)48)36-26-24-32-18-10-12-20-34(32)40(36)42)22-8-6-5-7-9-23-39-43(3,4)41-35-21-13-11-19-33(35)25-27-37(41)45(39)29-15-17-31-53(49,50)51;/h5-13,18-27H,14-17,28-31H2,1-4H3,(H-,46,47,48,49,50,51);. The molecule has 0 aromatic heterocycles. The first-order valence-electron chi connectivity index (χ1n) is 18.2. The third-order valence-corrected chi connectivity index (χ3v) is 12.1. The summed E-state index contributed by atoms with van der Waals surface area (Å²) < 4.78 is 68.1. The minimum Gasteiger partial charge on any atom is -0.748 e. The molecule has 0 spiro atoms. The first-order valence-corrected chi connectivity index (χ1v) is 21.4. The summed E-state index contributed by atoms with van der Waals surface area (Å²) in [6.07, 6.45) is 16.2. The fourth-order valence-corrected chi connectivity index (χ4v) is 9.27. The van der Waals surface area contributed by atoms with E-state index in [1.807, 2.05) is 42.5 Å². The maximum absolute atomic E-state index is 11.4. The molecule has 279 valence electrons. The van der Waals surface area contributed by atoms with Crippen LogP contribution in [-0.2, 0) is 31.1 Å². The molecule has 0 fully saturated rings. The second-order valence-electron chi connectivity index (χ2n) is 14.9. The van der Waals surface area contributed by atoms with Crippen molar-refractivity contribution < 1.29 is 30.5 Å². The van der Waals surface area contributed by atoms with Gasteiger partial charge in [0, 0.05) is 82.8 Å². The van der Waals surface area contributed by atoms with Gasteiger partial charge in [0.05, 0.1) is 21.3 Å². The molecule has 11 heteroatoms. The summed E-state index contributed by atoms with van der Waals surface area (Å²) in [4.78, 5) is 2.26. The molecule has 4 aromatic carbocycles. The number of anilines is 1. The van der Waals surface area contributed by atoms with E-state index in [4.69, 9.17) is 0 Å².